The van der Waals surface area contributed by atoms with E-state index in [9.17, 15) is 4.39 Å². The lowest BCUT2D eigenvalue weighted by molar-refractivity contribution is 0.323. The maximum atomic E-state index is 14.8. The number of aromatic amines is 1. The molecule has 2 aromatic heterocycles. The molecule has 2 aromatic carbocycles. The van der Waals surface area contributed by atoms with Crippen LogP contribution in [0.25, 0.3) is 22.2 Å². The summed E-state index contributed by atoms with van der Waals surface area (Å²) in [6.45, 7) is 2.60. The lowest BCUT2D eigenvalue weighted by atomic mass is 10.1. The Bertz CT molecular complexity index is 1190. The summed E-state index contributed by atoms with van der Waals surface area (Å²) >= 11 is 0. The van der Waals surface area contributed by atoms with Gasteiger partial charge in [-0.15, -0.1) is 0 Å². The monoisotopic (exact) mass is 425 g/mol. The van der Waals surface area contributed by atoms with E-state index in [1.54, 1.807) is 51.9 Å². The third-order valence-corrected chi connectivity index (χ3v) is 5.32. The number of hydrogen-bond acceptors (Lipinski definition) is 6. The van der Waals surface area contributed by atoms with E-state index < -0.39 is 6.04 Å². The standard InChI is InChI=1S/C22H24FN5O3/c1-5-28-17-8-14(13-10-25-26-11-13)15(23)9-16(17)27-22(28)20(24)12-6-18(29-2)21(31-4)19(7-12)30-3/h6-11,20H,5,24H2,1-4H3,(H,25,26). The molecule has 1 unspecified atom stereocenters. The summed E-state index contributed by atoms with van der Waals surface area (Å²) in [4.78, 5) is 4.66. The Hall–Kier alpha value is -3.59. The van der Waals surface area contributed by atoms with Gasteiger partial charge in [-0.1, -0.05) is 0 Å². The van der Waals surface area contributed by atoms with E-state index in [1.807, 2.05) is 11.5 Å². The van der Waals surface area contributed by atoms with Gasteiger partial charge in [0.15, 0.2) is 11.5 Å². The van der Waals surface area contributed by atoms with Gasteiger partial charge in [-0.2, -0.15) is 5.10 Å². The molecule has 2 heterocycles. The number of halogens is 1. The molecular formula is C22H24FN5O3. The zero-order valence-electron chi connectivity index (χ0n) is 17.8. The molecule has 0 bridgehead atoms. The SMILES string of the molecule is CCn1c(C(N)c2cc(OC)c(OC)c(OC)c2)nc2cc(F)c(-c3cn[nH]c3)cc21. The fourth-order valence-electron chi connectivity index (χ4n) is 3.78. The number of aryl methyl sites for hydroxylation is 1. The van der Waals surface area contributed by atoms with Crippen LogP contribution in [0.15, 0.2) is 36.7 Å². The van der Waals surface area contributed by atoms with Crippen molar-refractivity contribution >= 4 is 11.0 Å². The Morgan fingerprint density at radius 1 is 1.10 bits per heavy atom. The third-order valence-electron chi connectivity index (χ3n) is 5.32. The molecule has 31 heavy (non-hydrogen) atoms. The Labute approximate surface area is 178 Å². The van der Waals surface area contributed by atoms with Crippen molar-refractivity contribution in [3.05, 3.63) is 53.9 Å². The Balaban J connectivity index is 1.86. The van der Waals surface area contributed by atoms with Gasteiger partial charge in [-0.25, -0.2) is 9.37 Å². The average Bonchev–Trinajstić information content (AvgIpc) is 3.44. The van der Waals surface area contributed by atoms with E-state index in [4.69, 9.17) is 19.9 Å². The highest BCUT2D eigenvalue weighted by Gasteiger charge is 2.23. The number of hydrogen-bond donors (Lipinski definition) is 2. The molecule has 0 aliphatic carbocycles. The highest BCUT2D eigenvalue weighted by Crippen LogP contribution is 2.40. The molecule has 4 aromatic rings. The van der Waals surface area contributed by atoms with Gasteiger partial charge < -0.3 is 24.5 Å². The first-order valence-electron chi connectivity index (χ1n) is 9.76. The molecule has 0 spiro atoms. The van der Waals surface area contributed by atoms with Crippen LogP contribution in [0.3, 0.4) is 0 Å². The van der Waals surface area contributed by atoms with E-state index in [1.165, 1.54) is 6.07 Å². The molecule has 0 amide bonds. The highest BCUT2D eigenvalue weighted by atomic mass is 19.1. The van der Waals surface area contributed by atoms with Crippen molar-refractivity contribution in [1.29, 1.82) is 0 Å². The molecular weight excluding hydrogens is 401 g/mol. The van der Waals surface area contributed by atoms with Gasteiger partial charge in [0.1, 0.15) is 11.6 Å². The number of methoxy groups -OCH3 is 3. The minimum atomic E-state index is -0.596. The number of nitrogens with zero attached hydrogens (tertiary/aromatic N) is 3. The van der Waals surface area contributed by atoms with Gasteiger partial charge >= 0.3 is 0 Å². The van der Waals surface area contributed by atoms with Crippen molar-refractivity contribution in [3.8, 4) is 28.4 Å². The second-order valence-corrected chi connectivity index (χ2v) is 6.96. The molecule has 1 atom stereocenters. The number of H-pyrrole nitrogens is 1. The predicted octanol–water partition coefficient (Wildman–Crippen LogP) is 3.66. The number of fused-ring (bicyclic) bond motifs is 1. The molecule has 0 saturated carbocycles. The van der Waals surface area contributed by atoms with Gasteiger partial charge in [0, 0.05) is 29.9 Å². The second-order valence-electron chi connectivity index (χ2n) is 6.96. The zero-order valence-corrected chi connectivity index (χ0v) is 17.8. The van der Waals surface area contributed by atoms with Crippen LogP contribution in [0.2, 0.25) is 0 Å². The molecule has 0 aliphatic heterocycles. The maximum absolute atomic E-state index is 14.8. The first-order valence-corrected chi connectivity index (χ1v) is 9.76. The molecule has 0 fully saturated rings. The van der Waals surface area contributed by atoms with Crippen LogP contribution >= 0.6 is 0 Å². The van der Waals surface area contributed by atoms with E-state index >= 15 is 0 Å². The molecule has 0 radical (unpaired) electrons. The summed E-state index contributed by atoms with van der Waals surface area (Å²) in [6.07, 6.45) is 3.24. The van der Waals surface area contributed by atoms with Gasteiger partial charge in [0.05, 0.1) is 44.6 Å². The Morgan fingerprint density at radius 2 is 1.81 bits per heavy atom. The van der Waals surface area contributed by atoms with Gasteiger partial charge in [0.2, 0.25) is 5.75 Å². The molecule has 8 nitrogen and oxygen atoms in total. The van der Waals surface area contributed by atoms with Gasteiger partial charge in [-0.05, 0) is 30.7 Å². The third kappa shape index (κ3) is 3.46. The van der Waals surface area contributed by atoms with Crippen molar-refractivity contribution in [2.45, 2.75) is 19.5 Å². The predicted molar refractivity (Wildman–Crippen MR) is 115 cm³/mol. The van der Waals surface area contributed by atoms with Crippen LogP contribution in [0.4, 0.5) is 4.39 Å². The normalized spacial score (nSPS) is 12.2. The quantitative estimate of drug-likeness (QED) is 0.469. The van der Waals surface area contributed by atoms with Crippen LogP contribution in [0.1, 0.15) is 24.4 Å². The number of rotatable bonds is 7. The summed E-state index contributed by atoms with van der Waals surface area (Å²) in [5.41, 5.74) is 9.79. The molecule has 4 rings (SSSR count). The number of ether oxygens (including phenoxy) is 3. The lowest BCUT2D eigenvalue weighted by Crippen LogP contribution is -2.18. The van der Waals surface area contributed by atoms with Crippen LogP contribution in [0.5, 0.6) is 17.2 Å². The second kappa shape index (κ2) is 8.27. The fourth-order valence-corrected chi connectivity index (χ4v) is 3.78. The number of benzene rings is 2. The minimum absolute atomic E-state index is 0.373. The van der Waals surface area contributed by atoms with Crippen molar-refractivity contribution in [2.24, 2.45) is 5.73 Å². The van der Waals surface area contributed by atoms with Crippen LogP contribution in [-0.2, 0) is 6.54 Å². The van der Waals surface area contributed by atoms with E-state index in [2.05, 4.69) is 15.2 Å². The van der Waals surface area contributed by atoms with Gasteiger partial charge in [-0.3, -0.25) is 5.10 Å². The molecule has 9 heteroatoms. The highest BCUT2D eigenvalue weighted by molar-refractivity contribution is 5.83. The summed E-state index contributed by atoms with van der Waals surface area (Å²) in [5.74, 6) is 1.72. The van der Waals surface area contributed by atoms with Crippen LogP contribution in [-0.4, -0.2) is 41.1 Å². The first kappa shape index (κ1) is 20.7. The summed E-state index contributed by atoms with van der Waals surface area (Å²) in [6, 6.07) is 6.19. The first-order chi connectivity index (χ1) is 15.0. The van der Waals surface area contributed by atoms with Crippen molar-refractivity contribution in [2.75, 3.05) is 21.3 Å². The van der Waals surface area contributed by atoms with Gasteiger partial charge in [0.25, 0.3) is 0 Å². The minimum Gasteiger partial charge on any atom is -0.493 e. The van der Waals surface area contributed by atoms with Crippen molar-refractivity contribution < 1.29 is 18.6 Å². The van der Waals surface area contributed by atoms with Crippen molar-refractivity contribution in [1.82, 2.24) is 19.7 Å². The molecule has 0 saturated heterocycles. The van der Waals surface area contributed by atoms with Crippen LogP contribution < -0.4 is 19.9 Å². The zero-order chi connectivity index (χ0) is 22.1. The molecule has 162 valence electrons. The summed E-state index contributed by atoms with van der Waals surface area (Å²) in [7, 11) is 4.64. The Morgan fingerprint density at radius 3 is 2.35 bits per heavy atom. The largest absolute Gasteiger partial charge is 0.493 e. The number of nitrogens with two attached hydrogens (primary N) is 1. The Kier molecular flexibility index (Phi) is 5.51. The fraction of sp³-hybridized carbons (Fsp3) is 0.273. The van der Waals surface area contributed by atoms with Crippen molar-refractivity contribution in [3.63, 3.8) is 0 Å². The number of nitrogens with one attached hydrogen (secondary N) is 1. The topological polar surface area (TPSA) is 100 Å². The maximum Gasteiger partial charge on any atom is 0.203 e. The van der Waals surface area contributed by atoms with E-state index in [-0.39, 0.29) is 5.82 Å². The number of aromatic nitrogens is 4. The number of imidazole rings is 1. The molecule has 3 N–H and O–H groups in total. The van der Waals surface area contributed by atoms with Crippen LogP contribution in [0, 0.1) is 5.82 Å². The summed E-state index contributed by atoms with van der Waals surface area (Å²) < 4.78 is 33.0. The van der Waals surface area contributed by atoms with E-state index in [0.29, 0.717) is 46.3 Å². The average molecular weight is 425 g/mol. The molecule has 0 aliphatic rings. The van der Waals surface area contributed by atoms with E-state index in [0.717, 1.165) is 11.1 Å². The summed E-state index contributed by atoms with van der Waals surface area (Å²) in [5, 5.41) is 6.63. The lowest BCUT2D eigenvalue weighted by Gasteiger charge is -2.18. The smallest absolute Gasteiger partial charge is 0.203 e.